The lowest BCUT2D eigenvalue weighted by molar-refractivity contribution is 0.00776. The van der Waals surface area contributed by atoms with Gasteiger partial charge in [0.2, 0.25) is 10.0 Å². The van der Waals surface area contributed by atoms with Gasteiger partial charge in [-0.25, -0.2) is 13.1 Å². The predicted molar refractivity (Wildman–Crippen MR) is 98.0 cm³/mol. The van der Waals surface area contributed by atoms with Crippen LogP contribution >= 0.6 is 31.9 Å². The monoisotopic (exact) mass is 468 g/mol. The van der Waals surface area contributed by atoms with E-state index in [0.717, 1.165) is 17.6 Å². The second kappa shape index (κ2) is 8.40. The zero-order chi connectivity index (χ0) is 17.0. The van der Waals surface area contributed by atoms with E-state index in [1.807, 2.05) is 0 Å². The Balaban J connectivity index is 2.11. The lowest BCUT2D eigenvalue weighted by atomic mass is 10.0. The molecule has 23 heavy (non-hydrogen) atoms. The average molecular weight is 470 g/mol. The van der Waals surface area contributed by atoms with E-state index in [1.54, 1.807) is 18.2 Å². The summed E-state index contributed by atoms with van der Waals surface area (Å²) in [5.74, 6) is 0.349. The maximum atomic E-state index is 12.6. The number of hydrogen-bond acceptors (Lipinski definition) is 4. The van der Waals surface area contributed by atoms with Gasteiger partial charge in [-0.15, -0.1) is 0 Å². The molecule has 1 atom stereocenters. The largest absolute Gasteiger partial charge is 0.379 e. The van der Waals surface area contributed by atoms with Crippen molar-refractivity contribution >= 4 is 41.9 Å². The molecule has 1 unspecified atom stereocenters. The van der Waals surface area contributed by atoms with E-state index in [0.29, 0.717) is 30.1 Å². The molecule has 1 fully saturated rings. The highest BCUT2D eigenvalue weighted by atomic mass is 79.9. The summed E-state index contributed by atoms with van der Waals surface area (Å²) < 4.78 is 34.6. The normalized spacial score (nSPS) is 18.3. The molecule has 0 amide bonds. The summed E-state index contributed by atoms with van der Waals surface area (Å²) in [6.07, 6.45) is 0. The Morgan fingerprint density at radius 2 is 1.91 bits per heavy atom. The molecule has 0 radical (unpaired) electrons. The van der Waals surface area contributed by atoms with Gasteiger partial charge in [-0.1, -0.05) is 29.8 Å². The van der Waals surface area contributed by atoms with E-state index in [9.17, 15) is 8.42 Å². The number of halogens is 2. The van der Waals surface area contributed by atoms with Crippen molar-refractivity contribution in [3.8, 4) is 0 Å². The van der Waals surface area contributed by atoms with Crippen LogP contribution in [0, 0.1) is 5.92 Å². The van der Waals surface area contributed by atoms with E-state index in [4.69, 9.17) is 4.74 Å². The highest BCUT2D eigenvalue weighted by Crippen LogP contribution is 2.25. The molecule has 0 bridgehead atoms. The molecule has 0 aromatic heterocycles. The predicted octanol–water partition coefficient (Wildman–Crippen LogP) is 2.85. The number of nitrogens with one attached hydrogen (secondary N) is 1. The Morgan fingerprint density at radius 1 is 1.26 bits per heavy atom. The Bertz CT molecular complexity index is 632. The molecule has 1 aliphatic heterocycles. The highest BCUT2D eigenvalue weighted by molar-refractivity contribution is 9.11. The molecule has 0 saturated carbocycles. The van der Waals surface area contributed by atoms with Crippen molar-refractivity contribution in [3.63, 3.8) is 0 Å². The zero-order valence-electron chi connectivity index (χ0n) is 13.3. The molecule has 130 valence electrons. The topological polar surface area (TPSA) is 58.6 Å². The lowest BCUT2D eigenvalue weighted by Gasteiger charge is -2.36. The van der Waals surface area contributed by atoms with E-state index in [-0.39, 0.29) is 10.9 Å². The fourth-order valence-corrected chi connectivity index (χ4v) is 5.20. The molecule has 1 aromatic carbocycles. The summed E-state index contributed by atoms with van der Waals surface area (Å²) >= 11 is 6.63. The van der Waals surface area contributed by atoms with Crippen LogP contribution in [0.4, 0.5) is 0 Å². The number of hydrogen-bond donors (Lipinski definition) is 1. The van der Waals surface area contributed by atoms with Crippen LogP contribution in [-0.2, 0) is 14.8 Å². The third-order valence-corrected chi connectivity index (χ3v) is 6.86. The van der Waals surface area contributed by atoms with Crippen molar-refractivity contribution in [2.45, 2.75) is 24.8 Å². The third-order valence-electron chi connectivity index (χ3n) is 3.95. The van der Waals surface area contributed by atoms with Gasteiger partial charge in [0, 0.05) is 34.6 Å². The first-order valence-electron chi connectivity index (χ1n) is 7.58. The molecular formula is C15H22Br2N2O3S. The summed E-state index contributed by atoms with van der Waals surface area (Å²) in [7, 11) is -3.57. The van der Waals surface area contributed by atoms with Crippen molar-refractivity contribution in [1.29, 1.82) is 0 Å². The first-order valence-corrected chi connectivity index (χ1v) is 10.6. The molecule has 5 nitrogen and oxygen atoms in total. The van der Waals surface area contributed by atoms with Gasteiger partial charge in [0.05, 0.1) is 18.1 Å². The lowest BCUT2D eigenvalue weighted by Crippen LogP contribution is -2.51. The number of benzene rings is 1. The molecule has 8 heteroatoms. The first kappa shape index (κ1) is 19.3. The number of rotatable bonds is 6. The molecule has 1 N–H and O–H groups in total. The Morgan fingerprint density at radius 3 is 2.52 bits per heavy atom. The van der Waals surface area contributed by atoms with Gasteiger partial charge < -0.3 is 4.74 Å². The minimum atomic E-state index is -3.57. The maximum Gasteiger partial charge on any atom is 0.241 e. The van der Waals surface area contributed by atoms with Gasteiger partial charge in [0.25, 0.3) is 0 Å². The SMILES string of the molecule is CC(C)C(CNS(=O)(=O)c1cc(Br)ccc1Br)N1CCOCC1. The van der Waals surface area contributed by atoms with Crippen LogP contribution < -0.4 is 4.72 Å². The Hall–Kier alpha value is 0.01000. The van der Waals surface area contributed by atoms with E-state index in [1.165, 1.54) is 0 Å². The standard InChI is InChI=1S/C15H22Br2N2O3S/c1-11(2)14(19-5-7-22-8-6-19)10-18-23(20,21)15-9-12(16)3-4-13(15)17/h3-4,9,11,14,18H,5-8,10H2,1-2H3. The summed E-state index contributed by atoms with van der Waals surface area (Å²) in [6, 6.07) is 5.28. The first-order chi connectivity index (χ1) is 10.8. The van der Waals surface area contributed by atoms with Crippen LogP contribution in [0.2, 0.25) is 0 Å². The molecule has 2 rings (SSSR count). The molecule has 1 aromatic rings. The minimum Gasteiger partial charge on any atom is -0.379 e. The molecule has 1 aliphatic rings. The van der Waals surface area contributed by atoms with E-state index in [2.05, 4.69) is 55.3 Å². The maximum absolute atomic E-state index is 12.6. The van der Waals surface area contributed by atoms with Crippen molar-refractivity contribution in [3.05, 3.63) is 27.1 Å². The molecule has 0 spiro atoms. The van der Waals surface area contributed by atoms with Crippen molar-refractivity contribution in [2.24, 2.45) is 5.92 Å². The van der Waals surface area contributed by atoms with Crippen LogP contribution in [-0.4, -0.2) is 52.2 Å². The van der Waals surface area contributed by atoms with Crippen LogP contribution in [0.3, 0.4) is 0 Å². The second-order valence-electron chi connectivity index (χ2n) is 5.89. The van der Waals surface area contributed by atoms with Gasteiger partial charge >= 0.3 is 0 Å². The molecular weight excluding hydrogens is 448 g/mol. The summed E-state index contributed by atoms with van der Waals surface area (Å²) in [4.78, 5) is 2.54. The van der Waals surface area contributed by atoms with Gasteiger partial charge in [0.15, 0.2) is 0 Å². The van der Waals surface area contributed by atoms with Gasteiger partial charge in [-0.2, -0.15) is 0 Å². The van der Waals surface area contributed by atoms with Gasteiger partial charge in [-0.3, -0.25) is 4.90 Å². The van der Waals surface area contributed by atoms with Crippen molar-refractivity contribution in [1.82, 2.24) is 9.62 Å². The Labute approximate surface area is 155 Å². The number of ether oxygens (including phenoxy) is 1. The van der Waals surface area contributed by atoms with Crippen LogP contribution in [0.15, 0.2) is 32.0 Å². The van der Waals surface area contributed by atoms with E-state index < -0.39 is 10.0 Å². The zero-order valence-corrected chi connectivity index (χ0v) is 17.2. The fourth-order valence-electron chi connectivity index (χ4n) is 2.65. The smallest absolute Gasteiger partial charge is 0.241 e. The van der Waals surface area contributed by atoms with Crippen LogP contribution in [0.1, 0.15) is 13.8 Å². The summed E-state index contributed by atoms with van der Waals surface area (Å²) in [5, 5.41) is 0. The summed E-state index contributed by atoms with van der Waals surface area (Å²) in [6.45, 7) is 7.70. The Kier molecular flexibility index (Phi) is 7.06. The highest BCUT2D eigenvalue weighted by Gasteiger charge is 2.26. The summed E-state index contributed by atoms with van der Waals surface area (Å²) in [5.41, 5.74) is 0. The number of morpholine rings is 1. The van der Waals surface area contributed by atoms with Crippen molar-refractivity contribution in [2.75, 3.05) is 32.8 Å². The molecule has 1 heterocycles. The van der Waals surface area contributed by atoms with Crippen molar-refractivity contribution < 1.29 is 13.2 Å². The second-order valence-corrected chi connectivity index (χ2v) is 9.39. The van der Waals surface area contributed by atoms with Crippen LogP contribution in [0.5, 0.6) is 0 Å². The molecule has 0 aliphatic carbocycles. The third kappa shape index (κ3) is 5.24. The van der Waals surface area contributed by atoms with Gasteiger partial charge in [-0.05, 0) is 40.0 Å². The average Bonchev–Trinajstić information content (AvgIpc) is 2.50. The fraction of sp³-hybridized carbons (Fsp3) is 0.600. The minimum absolute atomic E-state index is 0.152. The van der Waals surface area contributed by atoms with Gasteiger partial charge in [0.1, 0.15) is 0 Å². The quantitative estimate of drug-likeness (QED) is 0.695. The van der Waals surface area contributed by atoms with E-state index >= 15 is 0 Å². The molecule has 1 saturated heterocycles. The number of nitrogens with zero attached hydrogens (tertiary/aromatic N) is 1. The number of sulfonamides is 1. The van der Waals surface area contributed by atoms with Crippen LogP contribution in [0.25, 0.3) is 0 Å².